The average molecular weight is 292 g/mol. The fraction of sp³-hybridized carbons (Fsp3) is 0.500. The fourth-order valence-electron chi connectivity index (χ4n) is 1.30. The summed E-state index contributed by atoms with van der Waals surface area (Å²) in [4.78, 5) is 1.30. The van der Waals surface area contributed by atoms with Crippen molar-refractivity contribution in [3.8, 4) is 0 Å². The maximum Gasteiger partial charge on any atom is 0.274 e. The Kier molecular flexibility index (Phi) is 5.72. The van der Waals surface area contributed by atoms with Gasteiger partial charge in [-0.05, 0) is 34.9 Å². The number of benzene rings is 1. The van der Waals surface area contributed by atoms with Crippen LogP contribution in [0.25, 0.3) is 0 Å². The molecule has 1 rings (SSSR count). The Labute approximate surface area is 114 Å². The Hall–Kier alpha value is 0.367. The first-order valence-electron chi connectivity index (χ1n) is 5.30. The highest BCUT2D eigenvalue weighted by Crippen LogP contribution is 2.26. The highest BCUT2D eigenvalue weighted by Gasteiger charge is 2.12. The topological polar surface area (TPSA) is 0 Å². The van der Waals surface area contributed by atoms with E-state index in [0.29, 0.717) is 0 Å². The van der Waals surface area contributed by atoms with Crippen LogP contribution in [0.5, 0.6) is 0 Å². The lowest BCUT2D eigenvalue weighted by Gasteiger charge is -2.19. The van der Waals surface area contributed by atoms with Gasteiger partial charge in [0.05, 0.1) is 0 Å². The zero-order valence-electron chi connectivity index (χ0n) is 9.89. The molecule has 0 spiro atoms. The molecule has 0 fully saturated rings. The van der Waals surface area contributed by atoms with Crippen molar-refractivity contribution in [2.45, 2.75) is 37.1 Å². The Morgan fingerprint density at radius 3 is 2.12 bits per heavy atom. The molecule has 0 aliphatic carbocycles. The van der Waals surface area contributed by atoms with E-state index in [1.165, 1.54) is 10.5 Å². The van der Waals surface area contributed by atoms with E-state index in [1.807, 2.05) is 11.8 Å². The Morgan fingerprint density at radius 2 is 1.69 bits per heavy atom. The second kappa shape index (κ2) is 6.34. The number of rotatable bonds is 4. The molecule has 0 saturated carbocycles. The zero-order valence-corrected chi connectivity index (χ0v) is 13.2. The van der Waals surface area contributed by atoms with Gasteiger partial charge in [-0.3, -0.25) is 0 Å². The zero-order chi connectivity index (χ0) is 12.2. The molecular formula is C12H17Cl2SSi. The van der Waals surface area contributed by atoms with Gasteiger partial charge in [0.25, 0.3) is 7.42 Å². The van der Waals surface area contributed by atoms with Crippen LogP contribution in [0, 0.1) is 0 Å². The molecule has 0 aromatic heterocycles. The first-order chi connectivity index (χ1) is 7.39. The second-order valence-corrected chi connectivity index (χ2v) is 10.4. The van der Waals surface area contributed by atoms with Crippen molar-refractivity contribution < 1.29 is 0 Å². The minimum Gasteiger partial charge on any atom is -0.147 e. The highest BCUT2D eigenvalue weighted by atomic mass is 35.7. The lowest BCUT2D eigenvalue weighted by molar-refractivity contribution is 0.590. The molecule has 0 aliphatic heterocycles. The molecular weight excluding hydrogens is 275 g/mol. The van der Waals surface area contributed by atoms with Gasteiger partial charge in [0.1, 0.15) is 0 Å². The van der Waals surface area contributed by atoms with Crippen LogP contribution in [0.1, 0.15) is 26.3 Å². The molecule has 0 aliphatic rings. The van der Waals surface area contributed by atoms with Crippen molar-refractivity contribution >= 4 is 41.3 Å². The van der Waals surface area contributed by atoms with Crippen LogP contribution in [0.3, 0.4) is 0 Å². The molecule has 0 nitrogen and oxygen atoms in total. The van der Waals surface area contributed by atoms with E-state index in [9.17, 15) is 0 Å². The van der Waals surface area contributed by atoms with E-state index < -0.39 is 7.42 Å². The van der Waals surface area contributed by atoms with E-state index in [1.54, 1.807) is 0 Å². The van der Waals surface area contributed by atoms with Crippen LogP contribution < -0.4 is 0 Å². The van der Waals surface area contributed by atoms with Gasteiger partial charge in [-0.1, -0.05) is 32.9 Å². The van der Waals surface area contributed by atoms with Crippen LogP contribution >= 0.6 is 33.9 Å². The van der Waals surface area contributed by atoms with Gasteiger partial charge in [0.15, 0.2) is 0 Å². The van der Waals surface area contributed by atoms with Gasteiger partial charge in [0, 0.05) is 4.90 Å². The molecule has 0 amide bonds. The van der Waals surface area contributed by atoms with E-state index >= 15 is 0 Å². The summed E-state index contributed by atoms with van der Waals surface area (Å²) in [6, 6.07) is 9.70. The Morgan fingerprint density at radius 1 is 1.12 bits per heavy atom. The standard InChI is InChI=1S/C12H17Cl2SSi/c1-12(2,3)10-4-6-11(7-5-10)15-8-9-16(13)14/h4-7H,8-9H2,1-3H3. The van der Waals surface area contributed by atoms with Crippen LogP contribution in [-0.4, -0.2) is 13.2 Å². The van der Waals surface area contributed by atoms with Gasteiger partial charge >= 0.3 is 0 Å². The summed E-state index contributed by atoms with van der Waals surface area (Å²) in [6.07, 6.45) is 0. The predicted molar refractivity (Wildman–Crippen MR) is 78.1 cm³/mol. The molecule has 1 aromatic rings. The SMILES string of the molecule is CC(C)(C)c1ccc(SCC[Si](Cl)Cl)cc1. The molecule has 0 atom stereocenters. The lowest BCUT2D eigenvalue weighted by atomic mass is 9.87. The van der Waals surface area contributed by atoms with Gasteiger partial charge in [-0.2, -0.15) is 0 Å². The molecule has 0 N–H and O–H groups in total. The van der Waals surface area contributed by atoms with Crippen LogP contribution in [0.2, 0.25) is 6.04 Å². The third-order valence-corrected chi connectivity index (χ3v) is 5.42. The molecule has 16 heavy (non-hydrogen) atoms. The third-order valence-electron chi connectivity index (χ3n) is 2.28. The summed E-state index contributed by atoms with van der Waals surface area (Å²) in [6.45, 7) is 6.68. The summed E-state index contributed by atoms with van der Waals surface area (Å²) in [5, 5.41) is 0. The van der Waals surface area contributed by atoms with Crippen molar-refractivity contribution in [3.05, 3.63) is 29.8 Å². The fourth-order valence-corrected chi connectivity index (χ4v) is 4.28. The molecule has 0 bridgehead atoms. The number of halogens is 2. The van der Waals surface area contributed by atoms with Crippen molar-refractivity contribution in [2.24, 2.45) is 0 Å². The molecule has 1 radical (unpaired) electrons. The normalized spacial score (nSPS) is 12.1. The maximum atomic E-state index is 5.78. The summed E-state index contributed by atoms with van der Waals surface area (Å²) in [5.41, 5.74) is 1.60. The largest absolute Gasteiger partial charge is 0.274 e. The minimum atomic E-state index is -1.11. The number of thioether (sulfide) groups is 1. The van der Waals surface area contributed by atoms with Crippen molar-refractivity contribution in [3.63, 3.8) is 0 Å². The first-order valence-corrected chi connectivity index (χ1v) is 10.0. The summed E-state index contributed by atoms with van der Waals surface area (Å²) >= 11 is 13.4. The van der Waals surface area contributed by atoms with Crippen LogP contribution in [0.4, 0.5) is 0 Å². The minimum absolute atomic E-state index is 0.228. The van der Waals surface area contributed by atoms with Crippen molar-refractivity contribution in [1.82, 2.24) is 0 Å². The van der Waals surface area contributed by atoms with Gasteiger partial charge in [-0.15, -0.1) is 33.9 Å². The summed E-state index contributed by atoms with van der Waals surface area (Å²) in [5.74, 6) is 1.01. The summed E-state index contributed by atoms with van der Waals surface area (Å²) < 4.78 is 0. The van der Waals surface area contributed by atoms with Crippen LogP contribution in [0.15, 0.2) is 29.2 Å². The Balaban J connectivity index is 2.52. The summed E-state index contributed by atoms with van der Waals surface area (Å²) in [7, 11) is -1.11. The molecule has 0 saturated heterocycles. The molecule has 0 unspecified atom stereocenters. The van der Waals surface area contributed by atoms with Crippen molar-refractivity contribution in [2.75, 3.05) is 5.75 Å². The van der Waals surface area contributed by atoms with E-state index in [4.69, 9.17) is 22.2 Å². The van der Waals surface area contributed by atoms with Gasteiger partial charge in [-0.25, -0.2) is 0 Å². The molecule has 1 aromatic carbocycles. The van der Waals surface area contributed by atoms with E-state index in [-0.39, 0.29) is 5.41 Å². The number of hydrogen-bond acceptors (Lipinski definition) is 1. The lowest BCUT2D eigenvalue weighted by Crippen LogP contribution is -2.10. The first kappa shape index (κ1) is 14.4. The van der Waals surface area contributed by atoms with Crippen molar-refractivity contribution in [1.29, 1.82) is 0 Å². The van der Waals surface area contributed by atoms with E-state index in [2.05, 4.69) is 45.0 Å². The maximum absolute atomic E-state index is 5.78. The average Bonchev–Trinajstić information content (AvgIpc) is 2.16. The molecule has 0 heterocycles. The second-order valence-electron chi connectivity index (χ2n) is 4.71. The Bertz CT molecular complexity index is 317. The third kappa shape index (κ3) is 5.13. The smallest absolute Gasteiger partial charge is 0.147 e. The monoisotopic (exact) mass is 291 g/mol. The van der Waals surface area contributed by atoms with Gasteiger partial charge in [0.2, 0.25) is 0 Å². The van der Waals surface area contributed by atoms with E-state index in [0.717, 1.165) is 11.8 Å². The quantitative estimate of drug-likeness (QED) is 0.425. The highest BCUT2D eigenvalue weighted by molar-refractivity contribution is 7.99. The number of hydrogen-bond donors (Lipinski definition) is 0. The molecule has 89 valence electrons. The van der Waals surface area contributed by atoms with Gasteiger partial charge < -0.3 is 0 Å². The molecule has 4 heteroatoms. The predicted octanol–water partition coefficient (Wildman–Crippen LogP) is 5.04. The van der Waals surface area contributed by atoms with Crippen LogP contribution in [-0.2, 0) is 5.41 Å².